The third-order valence-corrected chi connectivity index (χ3v) is 2.36. The summed E-state index contributed by atoms with van der Waals surface area (Å²) in [6.07, 6.45) is 3.38. The van der Waals surface area contributed by atoms with Gasteiger partial charge in [0.15, 0.2) is 0 Å². The lowest BCUT2D eigenvalue weighted by molar-refractivity contribution is -0.152. The number of hydrogen-bond acceptors (Lipinski definition) is 4. The molecule has 0 saturated heterocycles. The van der Waals surface area contributed by atoms with Gasteiger partial charge in [-0.1, -0.05) is 6.07 Å². The van der Waals surface area contributed by atoms with Gasteiger partial charge < -0.3 is 10.1 Å². The standard InChI is InChI=1S/C13H12N2O3/c1-2-18-13(17)12(16)15-11-4-3-9-5-6-14-8-10(9)7-11/h3-8H,2H2,1H3,(H,15,16). The van der Waals surface area contributed by atoms with Gasteiger partial charge in [-0.25, -0.2) is 4.79 Å². The number of nitrogens with zero attached hydrogens (tertiary/aromatic N) is 1. The lowest BCUT2D eigenvalue weighted by Gasteiger charge is -2.05. The molecule has 92 valence electrons. The van der Waals surface area contributed by atoms with E-state index in [-0.39, 0.29) is 6.61 Å². The van der Waals surface area contributed by atoms with Gasteiger partial charge in [0.1, 0.15) is 0 Å². The minimum atomic E-state index is -0.885. The number of aromatic nitrogens is 1. The van der Waals surface area contributed by atoms with E-state index in [0.29, 0.717) is 5.69 Å². The molecule has 1 amide bonds. The van der Waals surface area contributed by atoms with Crippen LogP contribution in [-0.2, 0) is 14.3 Å². The zero-order valence-corrected chi connectivity index (χ0v) is 9.84. The molecule has 0 atom stereocenters. The first kappa shape index (κ1) is 12.0. The van der Waals surface area contributed by atoms with Crippen LogP contribution in [0.1, 0.15) is 6.92 Å². The van der Waals surface area contributed by atoms with Crippen molar-refractivity contribution in [3.8, 4) is 0 Å². The third kappa shape index (κ3) is 2.63. The molecule has 2 rings (SSSR count). The molecule has 0 aliphatic carbocycles. The maximum absolute atomic E-state index is 11.4. The van der Waals surface area contributed by atoms with Crippen molar-refractivity contribution < 1.29 is 14.3 Å². The Morgan fingerprint density at radius 1 is 1.28 bits per heavy atom. The van der Waals surface area contributed by atoms with Crippen LogP contribution in [0, 0.1) is 0 Å². The number of pyridine rings is 1. The fourth-order valence-electron chi connectivity index (χ4n) is 1.54. The monoisotopic (exact) mass is 244 g/mol. The lowest BCUT2D eigenvalue weighted by atomic mass is 10.1. The van der Waals surface area contributed by atoms with E-state index in [1.165, 1.54) is 0 Å². The first-order valence-electron chi connectivity index (χ1n) is 5.52. The molecule has 0 fully saturated rings. The summed E-state index contributed by atoms with van der Waals surface area (Å²) in [5.74, 6) is -1.66. The number of anilines is 1. The number of rotatable bonds is 2. The van der Waals surface area contributed by atoms with Crippen molar-refractivity contribution in [2.75, 3.05) is 11.9 Å². The highest BCUT2D eigenvalue weighted by molar-refractivity contribution is 6.37. The topological polar surface area (TPSA) is 68.3 Å². The molecule has 18 heavy (non-hydrogen) atoms. The van der Waals surface area contributed by atoms with Gasteiger partial charge in [-0.15, -0.1) is 0 Å². The van der Waals surface area contributed by atoms with Crippen LogP contribution in [0.25, 0.3) is 10.8 Å². The Morgan fingerprint density at radius 3 is 2.89 bits per heavy atom. The molecule has 0 aliphatic heterocycles. The first-order valence-corrected chi connectivity index (χ1v) is 5.52. The molecule has 0 radical (unpaired) electrons. The number of carbonyl (C=O) groups is 2. The second kappa shape index (κ2) is 5.27. The van der Waals surface area contributed by atoms with Gasteiger partial charge in [0.25, 0.3) is 0 Å². The van der Waals surface area contributed by atoms with Crippen molar-refractivity contribution in [1.29, 1.82) is 0 Å². The summed E-state index contributed by atoms with van der Waals surface area (Å²) in [5.41, 5.74) is 0.536. The van der Waals surface area contributed by atoms with Crippen molar-refractivity contribution in [3.05, 3.63) is 36.7 Å². The van der Waals surface area contributed by atoms with Crippen molar-refractivity contribution in [3.63, 3.8) is 0 Å². The van der Waals surface area contributed by atoms with Crippen molar-refractivity contribution in [2.24, 2.45) is 0 Å². The number of carbonyl (C=O) groups excluding carboxylic acids is 2. The summed E-state index contributed by atoms with van der Waals surface area (Å²) in [7, 11) is 0. The highest BCUT2D eigenvalue weighted by atomic mass is 16.5. The molecule has 0 unspecified atom stereocenters. The number of fused-ring (bicyclic) bond motifs is 1. The average Bonchev–Trinajstić information content (AvgIpc) is 2.39. The third-order valence-electron chi connectivity index (χ3n) is 2.36. The second-order valence-corrected chi connectivity index (χ2v) is 3.61. The molecule has 0 spiro atoms. The molecule has 0 bridgehead atoms. The molecule has 5 heteroatoms. The minimum Gasteiger partial charge on any atom is -0.459 e. The zero-order chi connectivity index (χ0) is 13.0. The van der Waals surface area contributed by atoms with Crippen LogP contribution >= 0.6 is 0 Å². The van der Waals surface area contributed by atoms with Crippen LogP contribution in [0.2, 0.25) is 0 Å². The number of esters is 1. The Hall–Kier alpha value is -2.43. The van der Waals surface area contributed by atoms with Crippen LogP contribution in [0.4, 0.5) is 5.69 Å². The Morgan fingerprint density at radius 2 is 2.11 bits per heavy atom. The van der Waals surface area contributed by atoms with Crippen LogP contribution < -0.4 is 5.32 Å². The lowest BCUT2D eigenvalue weighted by Crippen LogP contribution is -2.24. The summed E-state index contributed by atoms with van der Waals surface area (Å²) in [6.45, 7) is 1.82. The molecule has 1 aromatic carbocycles. The SMILES string of the molecule is CCOC(=O)C(=O)Nc1ccc2ccncc2c1. The Bertz CT molecular complexity index is 596. The zero-order valence-electron chi connectivity index (χ0n) is 9.84. The summed E-state index contributed by atoms with van der Waals surface area (Å²) < 4.78 is 4.60. The highest BCUT2D eigenvalue weighted by Crippen LogP contribution is 2.17. The molecule has 2 aromatic rings. The Kier molecular flexibility index (Phi) is 3.52. The van der Waals surface area contributed by atoms with Gasteiger partial charge >= 0.3 is 11.9 Å². The fraction of sp³-hybridized carbons (Fsp3) is 0.154. The maximum atomic E-state index is 11.4. The smallest absolute Gasteiger partial charge is 0.397 e. The minimum absolute atomic E-state index is 0.174. The maximum Gasteiger partial charge on any atom is 0.397 e. The van der Waals surface area contributed by atoms with Crippen LogP contribution in [0.5, 0.6) is 0 Å². The van der Waals surface area contributed by atoms with E-state index < -0.39 is 11.9 Å². The van der Waals surface area contributed by atoms with Crippen molar-refractivity contribution in [2.45, 2.75) is 6.92 Å². The van der Waals surface area contributed by atoms with Crippen LogP contribution in [-0.4, -0.2) is 23.5 Å². The van der Waals surface area contributed by atoms with E-state index >= 15 is 0 Å². The number of amides is 1. The predicted molar refractivity (Wildman–Crippen MR) is 67.0 cm³/mol. The average molecular weight is 244 g/mol. The van der Waals surface area contributed by atoms with E-state index in [0.717, 1.165) is 10.8 Å². The van der Waals surface area contributed by atoms with E-state index in [4.69, 9.17) is 0 Å². The molecular formula is C13H12N2O3. The van der Waals surface area contributed by atoms with E-state index in [2.05, 4.69) is 15.0 Å². The van der Waals surface area contributed by atoms with E-state index in [9.17, 15) is 9.59 Å². The van der Waals surface area contributed by atoms with Gasteiger partial charge in [-0.05, 0) is 30.5 Å². The van der Waals surface area contributed by atoms with Crippen molar-refractivity contribution >= 4 is 28.3 Å². The Labute approximate surface area is 104 Å². The second-order valence-electron chi connectivity index (χ2n) is 3.61. The normalized spacial score (nSPS) is 10.1. The van der Waals surface area contributed by atoms with Crippen molar-refractivity contribution in [1.82, 2.24) is 4.98 Å². The first-order chi connectivity index (χ1) is 8.70. The Balaban J connectivity index is 2.17. The van der Waals surface area contributed by atoms with Crippen LogP contribution in [0.3, 0.4) is 0 Å². The highest BCUT2D eigenvalue weighted by Gasteiger charge is 2.14. The molecular weight excluding hydrogens is 232 g/mol. The van der Waals surface area contributed by atoms with Gasteiger partial charge in [0.05, 0.1) is 6.61 Å². The molecule has 0 aliphatic rings. The summed E-state index contributed by atoms with van der Waals surface area (Å²) >= 11 is 0. The summed E-state index contributed by atoms with van der Waals surface area (Å²) in [4.78, 5) is 26.6. The van der Waals surface area contributed by atoms with E-state index in [1.807, 2.05) is 12.1 Å². The quantitative estimate of drug-likeness (QED) is 0.645. The van der Waals surface area contributed by atoms with Gasteiger partial charge in [0, 0.05) is 23.5 Å². The van der Waals surface area contributed by atoms with Gasteiger partial charge in [-0.3, -0.25) is 9.78 Å². The molecule has 5 nitrogen and oxygen atoms in total. The van der Waals surface area contributed by atoms with Gasteiger partial charge in [-0.2, -0.15) is 0 Å². The predicted octanol–water partition coefficient (Wildman–Crippen LogP) is 1.74. The molecule has 1 heterocycles. The number of ether oxygens (including phenoxy) is 1. The van der Waals surface area contributed by atoms with Gasteiger partial charge in [0.2, 0.25) is 0 Å². The molecule has 1 N–H and O–H groups in total. The molecule has 1 aromatic heterocycles. The number of nitrogens with one attached hydrogen (secondary N) is 1. The summed E-state index contributed by atoms with van der Waals surface area (Å²) in [5, 5.41) is 4.38. The van der Waals surface area contributed by atoms with Crippen LogP contribution in [0.15, 0.2) is 36.7 Å². The van der Waals surface area contributed by atoms with E-state index in [1.54, 1.807) is 31.5 Å². The fourth-order valence-corrected chi connectivity index (χ4v) is 1.54. The molecule has 0 saturated carbocycles. The number of benzene rings is 1. The largest absolute Gasteiger partial charge is 0.459 e. The number of hydrogen-bond donors (Lipinski definition) is 1. The summed E-state index contributed by atoms with van der Waals surface area (Å²) in [6, 6.07) is 7.18.